The van der Waals surface area contributed by atoms with E-state index in [1.807, 2.05) is 6.92 Å². The van der Waals surface area contributed by atoms with E-state index in [-0.39, 0.29) is 16.9 Å². The maximum absolute atomic E-state index is 12.0. The summed E-state index contributed by atoms with van der Waals surface area (Å²) in [5.41, 5.74) is 5.62. The number of hydrogen-bond donors (Lipinski definition) is 2. The molecule has 17 heavy (non-hydrogen) atoms. The fraction of sp³-hybridized carbons (Fsp3) is 0.929. The van der Waals surface area contributed by atoms with Crippen molar-refractivity contribution < 1.29 is 4.79 Å². The molecule has 1 amide bonds. The zero-order valence-electron chi connectivity index (χ0n) is 12.6. The molecule has 0 spiro atoms. The summed E-state index contributed by atoms with van der Waals surface area (Å²) in [7, 11) is 0. The van der Waals surface area contributed by atoms with Crippen LogP contribution >= 0.6 is 0 Å². The summed E-state index contributed by atoms with van der Waals surface area (Å²) < 4.78 is 0. The van der Waals surface area contributed by atoms with E-state index >= 15 is 0 Å². The van der Waals surface area contributed by atoms with Gasteiger partial charge in [-0.15, -0.1) is 0 Å². The lowest BCUT2D eigenvalue weighted by atomic mass is 9.79. The second-order valence-electron chi connectivity index (χ2n) is 6.80. The minimum atomic E-state index is -0.297. The van der Waals surface area contributed by atoms with E-state index in [0.29, 0.717) is 24.8 Å². The number of carbonyl (C=O) groups excluding carboxylic acids is 1. The Hall–Kier alpha value is -0.570. The van der Waals surface area contributed by atoms with Crippen molar-refractivity contribution >= 4 is 5.91 Å². The first kappa shape index (κ1) is 16.4. The Kier molecular flexibility index (Phi) is 5.66. The second kappa shape index (κ2) is 5.85. The summed E-state index contributed by atoms with van der Waals surface area (Å²) in [6.45, 7) is 15.3. The molecular weight excluding hydrogens is 212 g/mol. The fourth-order valence-electron chi connectivity index (χ4n) is 1.38. The molecule has 3 heteroatoms. The van der Waals surface area contributed by atoms with Crippen molar-refractivity contribution in [2.75, 3.05) is 6.54 Å². The molecule has 0 fully saturated rings. The van der Waals surface area contributed by atoms with Crippen molar-refractivity contribution in [2.45, 2.75) is 60.4 Å². The van der Waals surface area contributed by atoms with Gasteiger partial charge >= 0.3 is 0 Å². The molecule has 0 aromatic heterocycles. The van der Waals surface area contributed by atoms with Gasteiger partial charge in [-0.2, -0.15) is 0 Å². The van der Waals surface area contributed by atoms with Crippen molar-refractivity contribution in [1.29, 1.82) is 0 Å². The van der Waals surface area contributed by atoms with Crippen LogP contribution in [0.4, 0.5) is 0 Å². The molecule has 2 unspecified atom stereocenters. The van der Waals surface area contributed by atoms with E-state index < -0.39 is 0 Å². The molecule has 0 bridgehead atoms. The highest BCUT2D eigenvalue weighted by atomic mass is 16.1. The molecule has 0 aliphatic rings. The monoisotopic (exact) mass is 242 g/mol. The summed E-state index contributed by atoms with van der Waals surface area (Å²) in [4.78, 5) is 12.0. The first-order valence-corrected chi connectivity index (χ1v) is 6.54. The van der Waals surface area contributed by atoms with Gasteiger partial charge in [0, 0.05) is 13.0 Å². The molecule has 3 nitrogen and oxygen atoms in total. The second-order valence-corrected chi connectivity index (χ2v) is 6.80. The zero-order valence-corrected chi connectivity index (χ0v) is 12.6. The number of nitrogens with one attached hydrogen (secondary N) is 1. The van der Waals surface area contributed by atoms with Gasteiger partial charge in [-0.3, -0.25) is 4.79 Å². The van der Waals surface area contributed by atoms with E-state index in [9.17, 15) is 4.79 Å². The Morgan fingerprint density at radius 3 is 1.94 bits per heavy atom. The first-order chi connectivity index (χ1) is 7.53. The molecule has 0 rings (SSSR count). The van der Waals surface area contributed by atoms with Gasteiger partial charge < -0.3 is 11.1 Å². The van der Waals surface area contributed by atoms with Crippen LogP contribution in [-0.2, 0) is 4.79 Å². The van der Waals surface area contributed by atoms with Crippen LogP contribution in [0.3, 0.4) is 0 Å². The summed E-state index contributed by atoms with van der Waals surface area (Å²) in [5, 5.41) is 3.08. The molecule has 0 aromatic rings. The average molecular weight is 242 g/mol. The number of carbonyl (C=O) groups is 1. The number of nitrogens with two attached hydrogens (primary N) is 1. The predicted octanol–water partition coefficient (Wildman–Crippen LogP) is 2.55. The lowest BCUT2D eigenvalue weighted by Gasteiger charge is -2.35. The maximum Gasteiger partial charge on any atom is 0.220 e. The average Bonchev–Trinajstić information content (AvgIpc) is 2.15. The van der Waals surface area contributed by atoms with Gasteiger partial charge in [-0.05, 0) is 24.2 Å². The maximum atomic E-state index is 12.0. The topological polar surface area (TPSA) is 55.1 Å². The van der Waals surface area contributed by atoms with Gasteiger partial charge in [0.2, 0.25) is 5.91 Å². The van der Waals surface area contributed by atoms with Crippen LogP contribution in [0.15, 0.2) is 0 Å². The van der Waals surface area contributed by atoms with Crippen LogP contribution in [0, 0.1) is 17.3 Å². The van der Waals surface area contributed by atoms with Gasteiger partial charge in [-0.1, -0.05) is 41.5 Å². The zero-order chi connectivity index (χ0) is 13.9. The molecule has 0 aliphatic carbocycles. The van der Waals surface area contributed by atoms with E-state index in [1.54, 1.807) is 0 Å². The molecule has 2 atom stereocenters. The van der Waals surface area contributed by atoms with Crippen LogP contribution in [0.1, 0.15) is 54.9 Å². The predicted molar refractivity (Wildman–Crippen MR) is 73.7 cm³/mol. The SMILES string of the molecule is CC(CC(=O)NC(C)(CN)C(C)C)C(C)(C)C. The van der Waals surface area contributed by atoms with Crippen LogP contribution in [0.25, 0.3) is 0 Å². The Balaban J connectivity index is 4.46. The summed E-state index contributed by atoms with van der Waals surface area (Å²) in [5.74, 6) is 0.798. The van der Waals surface area contributed by atoms with Crippen molar-refractivity contribution in [3.63, 3.8) is 0 Å². The Bertz CT molecular complexity index is 255. The molecule has 102 valence electrons. The molecule has 0 saturated heterocycles. The minimum absolute atomic E-state index is 0.106. The van der Waals surface area contributed by atoms with E-state index in [1.165, 1.54) is 0 Å². The first-order valence-electron chi connectivity index (χ1n) is 6.54. The summed E-state index contributed by atoms with van der Waals surface area (Å²) >= 11 is 0. The lowest BCUT2D eigenvalue weighted by molar-refractivity contribution is -0.124. The van der Waals surface area contributed by atoms with Crippen molar-refractivity contribution in [1.82, 2.24) is 5.32 Å². The number of rotatable bonds is 5. The molecule has 0 radical (unpaired) electrons. The highest BCUT2D eigenvalue weighted by Gasteiger charge is 2.30. The number of amides is 1. The smallest absolute Gasteiger partial charge is 0.220 e. The van der Waals surface area contributed by atoms with Crippen molar-refractivity contribution in [2.24, 2.45) is 23.0 Å². The van der Waals surface area contributed by atoms with Gasteiger partial charge in [0.05, 0.1) is 5.54 Å². The summed E-state index contributed by atoms with van der Waals surface area (Å²) in [6.07, 6.45) is 0.561. The third-order valence-corrected chi connectivity index (χ3v) is 4.09. The summed E-state index contributed by atoms with van der Waals surface area (Å²) in [6, 6.07) is 0. The number of hydrogen-bond acceptors (Lipinski definition) is 2. The third-order valence-electron chi connectivity index (χ3n) is 4.09. The fourth-order valence-corrected chi connectivity index (χ4v) is 1.38. The molecule has 0 saturated carbocycles. The van der Waals surface area contributed by atoms with Gasteiger partial charge in [-0.25, -0.2) is 0 Å². The highest BCUT2D eigenvalue weighted by molar-refractivity contribution is 5.77. The molecule has 0 heterocycles. The molecular formula is C14H30N2O. The minimum Gasteiger partial charge on any atom is -0.349 e. The Labute approximate surface area is 107 Å². The molecule has 0 aliphatic heterocycles. The normalized spacial score (nSPS) is 17.7. The van der Waals surface area contributed by atoms with E-state index in [4.69, 9.17) is 5.73 Å². The van der Waals surface area contributed by atoms with Gasteiger partial charge in [0.25, 0.3) is 0 Å². The van der Waals surface area contributed by atoms with E-state index in [2.05, 4.69) is 46.9 Å². The lowest BCUT2D eigenvalue weighted by Crippen LogP contribution is -2.55. The standard InChI is InChI=1S/C14H30N2O/c1-10(2)14(7,9-15)16-12(17)8-11(3)13(4,5)6/h10-11H,8-9,15H2,1-7H3,(H,16,17). The van der Waals surface area contributed by atoms with Gasteiger partial charge in [0.15, 0.2) is 0 Å². The highest BCUT2D eigenvalue weighted by Crippen LogP contribution is 2.28. The largest absolute Gasteiger partial charge is 0.349 e. The molecule has 0 aromatic carbocycles. The van der Waals surface area contributed by atoms with Crippen molar-refractivity contribution in [3.8, 4) is 0 Å². The third kappa shape index (κ3) is 5.07. The van der Waals surface area contributed by atoms with E-state index in [0.717, 1.165) is 0 Å². The Morgan fingerprint density at radius 2 is 1.65 bits per heavy atom. The van der Waals surface area contributed by atoms with Crippen LogP contribution < -0.4 is 11.1 Å². The van der Waals surface area contributed by atoms with Crippen molar-refractivity contribution in [3.05, 3.63) is 0 Å². The van der Waals surface area contributed by atoms with Gasteiger partial charge in [0.1, 0.15) is 0 Å². The van der Waals surface area contributed by atoms with Crippen LogP contribution in [0.2, 0.25) is 0 Å². The quantitative estimate of drug-likeness (QED) is 0.778. The molecule has 3 N–H and O–H groups in total. The van der Waals surface area contributed by atoms with Crippen LogP contribution in [-0.4, -0.2) is 18.0 Å². The Morgan fingerprint density at radius 1 is 1.18 bits per heavy atom. The van der Waals surface area contributed by atoms with Crippen LogP contribution in [0.5, 0.6) is 0 Å².